The number of hydroxylamine groups is 2. The van der Waals surface area contributed by atoms with Crippen LogP contribution in [0.25, 0.3) is 0 Å². The first kappa shape index (κ1) is 16.4. The van der Waals surface area contributed by atoms with Crippen LogP contribution in [-0.2, 0) is 20.1 Å². The summed E-state index contributed by atoms with van der Waals surface area (Å²) in [7, 11) is 1.55. The van der Waals surface area contributed by atoms with E-state index in [1.54, 1.807) is 14.0 Å². The Morgan fingerprint density at radius 3 is 2.82 bits per heavy atom. The molecule has 1 aromatic heterocycles. The van der Waals surface area contributed by atoms with Crippen LogP contribution in [0, 0.1) is 6.92 Å². The molecule has 0 saturated carbocycles. The van der Waals surface area contributed by atoms with E-state index < -0.39 is 29.0 Å². The van der Waals surface area contributed by atoms with Crippen LogP contribution in [0.15, 0.2) is 15.8 Å². The van der Waals surface area contributed by atoms with Gasteiger partial charge >= 0.3 is 11.7 Å². The van der Waals surface area contributed by atoms with E-state index in [1.165, 1.54) is 18.2 Å². The van der Waals surface area contributed by atoms with Gasteiger partial charge < -0.3 is 9.84 Å². The third-order valence-corrected chi connectivity index (χ3v) is 3.64. The summed E-state index contributed by atoms with van der Waals surface area (Å²) in [6, 6.07) is -0.483. The summed E-state index contributed by atoms with van der Waals surface area (Å²) in [5, 5.41) is 10.7. The van der Waals surface area contributed by atoms with Gasteiger partial charge in [0, 0.05) is 25.2 Å². The van der Waals surface area contributed by atoms with Crippen molar-refractivity contribution in [3.8, 4) is 0 Å². The second-order valence-electron chi connectivity index (χ2n) is 5.12. The van der Waals surface area contributed by atoms with Crippen molar-refractivity contribution in [3.05, 3.63) is 32.6 Å². The molecule has 1 aliphatic rings. The molecule has 0 bridgehead atoms. The molecule has 2 atom stereocenters. The Labute approximate surface area is 126 Å². The van der Waals surface area contributed by atoms with E-state index in [-0.39, 0.29) is 25.2 Å². The Kier molecular flexibility index (Phi) is 4.50. The Hall–Kier alpha value is -1.97. The number of aliphatic hydroxyl groups excluding tert-OH is 1. The molecule has 2 heterocycles. The highest BCUT2D eigenvalue weighted by atomic mass is 16.7. The summed E-state index contributed by atoms with van der Waals surface area (Å²) in [5.41, 5.74) is -2.81. The minimum absolute atomic E-state index is 0.0181. The number of hydrogen-bond acceptors (Lipinski definition) is 7. The SMILES string of the molecule is CCOC(=O)[C@]1(n2cc(C)c(=O)[nH]c2=O)C[C@@H](CO)N(C)O1. The molecule has 0 radical (unpaired) electrons. The largest absolute Gasteiger partial charge is 0.462 e. The Morgan fingerprint density at radius 1 is 1.59 bits per heavy atom. The summed E-state index contributed by atoms with van der Waals surface area (Å²) < 4.78 is 6.03. The van der Waals surface area contributed by atoms with Crippen molar-refractivity contribution >= 4 is 5.97 Å². The van der Waals surface area contributed by atoms with Crippen LogP contribution < -0.4 is 11.2 Å². The Balaban J connectivity index is 2.61. The van der Waals surface area contributed by atoms with Crippen molar-refractivity contribution < 1.29 is 19.5 Å². The molecule has 2 N–H and O–H groups in total. The maximum Gasteiger partial charge on any atom is 0.362 e. The number of hydrogen-bond donors (Lipinski definition) is 2. The average molecular weight is 313 g/mol. The lowest BCUT2D eigenvalue weighted by molar-refractivity contribution is -0.238. The number of aromatic amines is 1. The van der Waals surface area contributed by atoms with Gasteiger partial charge in [0.2, 0.25) is 0 Å². The monoisotopic (exact) mass is 313 g/mol. The number of aryl methyl sites for hydroxylation is 1. The lowest BCUT2D eigenvalue weighted by Gasteiger charge is -2.27. The molecule has 22 heavy (non-hydrogen) atoms. The van der Waals surface area contributed by atoms with E-state index in [1.807, 2.05) is 0 Å². The average Bonchev–Trinajstić information content (AvgIpc) is 2.81. The number of nitrogens with zero attached hydrogens (tertiary/aromatic N) is 2. The number of rotatable bonds is 4. The van der Waals surface area contributed by atoms with Crippen molar-refractivity contribution in [1.82, 2.24) is 14.6 Å². The quantitative estimate of drug-likeness (QED) is 0.663. The second kappa shape index (κ2) is 6.03. The molecule has 1 aromatic rings. The standard InChI is InChI=1S/C13H19N3O6/c1-4-21-11(19)13(5-9(7-17)15(3)22-13)16-6-8(2)10(18)14-12(16)20/h6,9,17H,4-5,7H2,1-3H3,(H,14,18,20)/t9-,13-/m0/s1. The molecule has 0 amide bonds. The molecule has 0 aliphatic carbocycles. The fraction of sp³-hybridized carbons (Fsp3) is 0.615. The molecular formula is C13H19N3O6. The second-order valence-corrected chi connectivity index (χ2v) is 5.12. The third kappa shape index (κ3) is 2.58. The molecule has 0 unspecified atom stereocenters. The predicted molar refractivity (Wildman–Crippen MR) is 75.0 cm³/mol. The number of carbonyl (C=O) groups is 1. The van der Waals surface area contributed by atoms with Crippen molar-refractivity contribution in [3.63, 3.8) is 0 Å². The first-order valence-corrected chi connectivity index (χ1v) is 6.88. The molecule has 9 heteroatoms. The number of aliphatic hydroxyl groups is 1. The maximum atomic E-state index is 12.4. The van der Waals surface area contributed by atoms with E-state index in [9.17, 15) is 19.5 Å². The molecule has 2 rings (SSSR count). The van der Waals surface area contributed by atoms with E-state index in [0.29, 0.717) is 0 Å². The number of esters is 1. The summed E-state index contributed by atoms with van der Waals surface area (Å²) >= 11 is 0. The highest BCUT2D eigenvalue weighted by molar-refractivity contribution is 5.77. The van der Waals surface area contributed by atoms with E-state index in [2.05, 4.69) is 4.98 Å². The fourth-order valence-corrected chi connectivity index (χ4v) is 2.42. The normalized spacial score (nSPS) is 25.4. The first-order chi connectivity index (χ1) is 10.4. The smallest absolute Gasteiger partial charge is 0.362 e. The van der Waals surface area contributed by atoms with Gasteiger partial charge in [-0.1, -0.05) is 0 Å². The van der Waals surface area contributed by atoms with Crippen molar-refractivity contribution in [2.75, 3.05) is 20.3 Å². The van der Waals surface area contributed by atoms with Gasteiger partial charge in [0.1, 0.15) is 0 Å². The number of ether oxygens (including phenoxy) is 1. The van der Waals surface area contributed by atoms with Crippen LogP contribution in [0.3, 0.4) is 0 Å². The maximum absolute atomic E-state index is 12.4. The third-order valence-electron chi connectivity index (χ3n) is 3.64. The van der Waals surface area contributed by atoms with Crippen LogP contribution >= 0.6 is 0 Å². The molecule has 1 fully saturated rings. The molecular weight excluding hydrogens is 294 g/mol. The van der Waals surface area contributed by atoms with Crippen LogP contribution in [0.1, 0.15) is 18.9 Å². The number of aromatic nitrogens is 2. The number of carbonyl (C=O) groups excluding carboxylic acids is 1. The summed E-state index contributed by atoms with van der Waals surface area (Å²) in [6.45, 7) is 2.99. The molecule has 122 valence electrons. The van der Waals surface area contributed by atoms with Gasteiger partial charge in [0.05, 0.1) is 19.3 Å². The highest BCUT2D eigenvalue weighted by Crippen LogP contribution is 2.34. The number of nitrogens with one attached hydrogen (secondary N) is 1. The molecule has 0 aromatic carbocycles. The molecule has 1 aliphatic heterocycles. The zero-order valence-corrected chi connectivity index (χ0v) is 12.7. The first-order valence-electron chi connectivity index (χ1n) is 6.88. The summed E-state index contributed by atoms with van der Waals surface area (Å²) in [4.78, 5) is 43.8. The van der Waals surface area contributed by atoms with Gasteiger partial charge in [0.15, 0.2) is 0 Å². The number of H-pyrrole nitrogens is 1. The molecule has 1 saturated heterocycles. The van der Waals surface area contributed by atoms with Gasteiger partial charge in [-0.25, -0.2) is 9.59 Å². The van der Waals surface area contributed by atoms with Crippen LogP contribution in [0.5, 0.6) is 0 Å². The van der Waals surface area contributed by atoms with Crippen molar-refractivity contribution in [2.24, 2.45) is 0 Å². The van der Waals surface area contributed by atoms with Crippen molar-refractivity contribution in [1.29, 1.82) is 0 Å². The highest BCUT2D eigenvalue weighted by Gasteiger charge is 2.53. The van der Waals surface area contributed by atoms with Gasteiger partial charge in [-0.3, -0.25) is 19.2 Å². The van der Waals surface area contributed by atoms with Gasteiger partial charge in [-0.2, -0.15) is 5.06 Å². The zero-order valence-electron chi connectivity index (χ0n) is 12.7. The Bertz CT molecular complexity index is 681. The zero-order chi connectivity index (χ0) is 16.5. The van der Waals surface area contributed by atoms with Crippen LogP contribution in [0.2, 0.25) is 0 Å². The van der Waals surface area contributed by atoms with Gasteiger partial charge in [0.25, 0.3) is 11.3 Å². The topological polar surface area (TPSA) is 114 Å². The fourth-order valence-electron chi connectivity index (χ4n) is 2.42. The summed E-state index contributed by atoms with van der Waals surface area (Å²) in [6.07, 6.45) is 1.27. The van der Waals surface area contributed by atoms with E-state index in [0.717, 1.165) is 4.57 Å². The van der Waals surface area contributed by atoms with Gasteiger partial charge in [-0.15, -0.1) is 0 Å². The molecule has 0 spiro atoms. The van der Waals surface area contributed by atoms with Gasteiger partial charge in [-0.05, 0) is 13.8 Å². The summed E-state index contributed by atoms with van der Waals surface area (Å²) in [5.74, 6) is -0.758. The van der Waals surface area contributed by atoms with Crippen molar-refractivity contribution in [2.45, 2.75) is 32.0 Å². The minimum atomic E-state index is -1.75. The molecule has 9 nitrogen and oxygen atoms in total. The lowest BCUT2D eigenvalue weighted by Crippen LogP contribution is -2.50. The Morgan fingerprint density at radius 2 is 2.27 bits per heavy atom. The van der Waals surface area contributed by atoms with Crippen LogP contribution in [0.4, 0.5) is 0 Å². The minimum Gasteiger partial charge on any atom is -0.462 e. The predicted octanol–water partition coefficient (Wildman–Crippen LogP) is -1.31. The number of likely N-dealkylation sites (N-methyl/N-ethyl adjacent to an activating group) is 1. The van der Waals surface area contributed by atoms with E-state index >= 15 is 0 Å². The van der Waals surface area contributed by atoms with E-state index in [4.69, 9.17) is 9.57 Å². The van der Waals surface area contributed by atoms with Crippen LogP contribution in [-0.4, -0.2) is 52.0 Å². The lowest BCUT2D eigenvalue weighted by atomic mass is 10.0.